The summed E-state index contributed by atoms with van der Waals surface area (Å²) in [6.45, 7) is 0. The van der Waals surface area contributed by atoms with E-state index in [9.17, 15) is 4.39 Å². The number of hydrogen-bond donors (Lipinski definition) is 2. The fourth-order valence-corrected chi connectivity index (χ4v) is 2.18. The van der Waals surface area contributed by atoms with Crippen LogP contribution in [0.2, 0.25) is 10.0 Å². The van der Waals surface area contributed by atoms with Crippen LogP contribution < -0.4 is 11.3 Å². The third kappa shape index (κ3) is 2.65. The maximum absolute atomic E-state index is 12.9. The van der Waals surface area contributed by atoms with E-state index in [1.165, 1.54) is 12.1 Å². The SMILES string of the molecule is NNC(c1ccc(F)cc1)c1cccc(Cl)c1Cl. The van der Waals surface area contributed by atoms with Crippen molar-refractivity contribution < 1.29 is 4.39 Å². The lowest BCUT2D eigenvalue weighted by atomic mass is 9.99. The Bertz CT molecular complexity index is 543. The third-order valence-corrected chi connectivity index (χ3v) is 3.50. The maximum atomic E-state index is 12.9. The van der Waals surface area contributed by atoms with Gasteiger partial charge >= 0.3 is 0 Å². The van der Waals surface area contributed by atoms with Gasteiger partial charge in [-0.1, -0.05) is 47.5 Å². The van der Waals surface area contributed by atoms with Crippen molar-refractivity contribution in [1.82, 2.24) is 5.43 Å². The molecule has 3 N–H and O–H groups in total. The molecule has 0 aliphatic carbocycles. The van der Waals surface area contributed by atoms with Gasteiger partial charge in [-0.05, 0) is 29.3 Å². The van der Waals surface area contributed by atoms with Crippen LogP contribution in [0.5, 0.6) is 0 Å². The Morgan fingerprint density at radius 1 is 1.06 bits per heavy atom. The van der Waals surface area contributed by atoms with Gasteiger partial charge in [-0.2, -0.15) is 0 Å². The molecule has 2 nitrogen and oxygen atoms in total. The summed E-state index contributed by atoms with van der Waals surface area (Å²) in [4.78, 5) is 0. The average molecular weight is 285 g/mol. The summed E-state index contributed by atoms with van der Waals surface area (Å²) in [5.74, 6) is 5.25. The Hall–Kier alpha value is -1.13. The maximum Gasteiger partial charge on any atom is 0.123 e. The van der Waals surface area contributed by atoms with Crippen molar-refractivity contribution in [2.24, 2.45) is 5.84 Å². The Morgan fingerprint density at radius 3 is 2.33 bits per heavy atom. The summed E-state index contributed by atoms with van der Waals surface area (Å²) in [7, 11) is 0. The van der Waals surface area contributed by atoms with Crippen LogP contribution in [0.15, 0.2) is 42.5 Å². The van der Waals surface area contributed by atoms with E-state index in [4.69, 9.17) is 29.0 Å². The van der Waals surface area contributed by atoms with Crippen molar-refractivity contribution in [1.29, 1.82) is 0 Å². The summed E-state index contributed by atoms with van der Waals surface area (Å²) in [5.41, 5.74) is 4.21. The first-order valence-electron chi connectivity index (χ1n) is 5.29. The summed E-state index contributed by atoms with van der Waals surface area (Å²) >= 11 is 12.1. The molecule has 1 atom stereocenters. The molecule has 5 heteroatoms. The predicted molar refractivity (Wildman–Crippen MR) is 72.0 cm³/mol. The van der Waals surface area contributed by atoms with Gasteiger partial charge < -0.3 is 0 Å². The molecule has 0 bridgehead atoms. The van der Waals surface area contributed by atoms with Crippen molar-refractivity contribution in [3.05, 3.63) is 69.5 Å². The zero-order valence-electron chi connectivity index (χ0n) is 9.33. The molecule has 0 fully saturated rings. The quantitative estimate of drug-likeness (QED) is 0.666. The van der Waals surface area contributed by atoms with Gasteiger partial charge in [-0.15, -0.1) is 0 Å². The van der Waals surface area contributed by atoms with E-state index in [2.05, 4.69) is 5.43 Å². The minimum atomic E-state index is -0.336. The molecule has 0 saturated heterocycles. The van der Waals surface area contributed by atoms with Gasteiger partial charge in [0.2, 0.25) is 0 Å². The van der Waals surface area contributed by atoms with E-state index in [-0.39, 0.29) is 11.9 Å². The number of benzene rings is 2. The van der Waals surface area contributed by atoms with Crippen LogP contribution >= 0.6 is 23.2 Å². The molecule has 0 aromatic heterocycles. The molecule has 18 heavy (non-hydrogen) atoms. The van der Waals surface area contributed by atoms with Crippen molar-refractivity contribution in [3.63, 3.8) is 0 Å². The van der Waals surface area contributed by atoms with Gasteiger partial charge in [0.05, 0.1) is 16.1 Å². The largest absolute Gasteiger partial charge is 0.271 e. The Labute approximate surface area is 114 Å². The number of hydrazine groups is 1. The van der Waals surface area contributed by atoms with E-state index in [1.54, 1.807) is 24.3 Å². The predicted octanol–water partition coefficient (Wildman–Crippen LogP) is 3.69. The standard InChI is InChI=1S/C13H11Cl2FN2/c14-11-3-1-2-10(12(11)15)13(18-17)8-4-6-9(16)7-5-8/h1-7,13,18H,17H2. The molecule has 94 valence electrons. The van der Waals surface area contributed by atoms with Gasteiger partial charge in [0.1, 0.15) is 5.82 Å². The Morgan fingerprint density at radius 2 is 1.72 bits per heavy atom. The molecule has 0 heterocycles. The highest BCUT2D eigenvalue weighted by Gasteiger charge is 2.16. The second kappa shape index (κ2) is 5.67. The minimum absolute atomic E-state index is 0.299. The van der Waals surface area contributed by atoms with Crippen LogP contribution in [0.3, 0.4) is 0 Å². The first kappa shape index (κ1) is 13.3. The summed E-state index contributed by atoms with van der Waals surface area (Å²) < 4.78 is 12.9. The van der Waals surface area contributed by atoms with Gasteiger partial charge in [0, 0.05) is 0 Å². The average Bonchev–Trinajstić information content (AvgIpc) is 2.37. The molecule has 2 rings (SSSR count). The zero-order valence-corrected chi connectivity index (χ0v) is 10.8. The Kier molecular flexibility index (Phi) is 4.19. The van der Waals surface area contributed by atoms with Crippen LogP contribution in [0, 0.1) is 5.82 Å². The first-order chi connectivity index (χ1) is 8.63. The fraction of sp³-hybridized carbons (Fsp3) is 0.0769. The number of halogens is 3. The highest BCUT2D eigenvalue weighted by molar-refractivity contribution is 6.42. The summed E-state index contributed by atoms with van der Waals surface area (Å²) in [6, 6.07) is 11.0. The van der Waals surface area contributed by atoms with Crippen molar-refractivity contribution >= 4 is 23.2 Å². The fourth-order valence-electron chi connectivity index (χ4n) is 1.76. The monoisotopic (exact) mass is 284 g/mol. The topological polar surface area (TPSA) is 38.0 Å². The van der Waals surface area contributed by atoms with Crippen LogP contribution in [0.1, 0.15) is 17.2 Å². The number of nitrogens with one attached hydrogen (secondary N) is 1. The van der Waals surface area contributed by atoms with Crippen LogP contribution in [-0.2, 0) is 0 Å². The van der Waals surface area contributed by atoms with Gasteiger partial charge in [-0.3, -0.25) is 5.84 Å². The molecule has 0 spiro atoms. The van der Waals surface area contributed by atoms with Gasteiger partial charge in [0.25, 0.3) is 0 Å². The van der Waals surface area contributed by atoms with Crippen LogP contribution in [0.25, 0.3) is 0 Å². The Balaban J connectivity index is 2.45. The normalized spacial score (nSPS) is 12.4. The molecule has 0 radical (unpaired) electrons. The van der Waals surface area contributed by atoms with Gasteiger partial charge in [0.15, 0.2) is 0 Å². The minimum Gasteiger partial charge on any atom is -0.271 e. The lowest BCUT2D eigenvalue weighted by Crippen LogP contribution is -2.29. The van der Waals surface area contributed by atoms with E-state index in [0.29, 0.717) is 10.0 Å². The number of rotatable bonds is 3. The van der Waals surface area contributed by atoms with Crippen molar-refractivity contribution in [2.75, 3.05) is 0 Å². The third-order valence-electron chi connectivity index (χ3n) is 2.66. The molecular formula is C13H11Cl2FN2. The van der Waals surface area contributed by atoms with E-state index in [1.807, 2.05) is 6.07 Å². The van der Waals surface area contributed by atoms with Crippen LogP contribution in [-0.4, -0.2) is 0 Å². The van der Waals surface area contributed by atoms with Crippen molar-refractivity contribution in [2.45, 2.75) is 6.04 Å². The molecule has 0 amide bonds. The zero-order chi connectivity index (χ0) is 13.1. The lowest BCUT2D eigenvalue weighted by Gasteiger charge is -2.18. The van der Waals surface area contributed by atoms with Crippen LogP contribution in [0.4, 0.5) is 4.39 Å². The molecule has 0 aliphatic rings. The molecule has 0 aliphatic heterocycles. The van der Waals surface area contributed by atoms with E-state index in [0.717, 1.165) is 11.1 Å². The molecule has 0 saturated carbocycles. The van der Waals surface area contributed by atoms with E-state index < -0.39 is 0 Å². The lowest BCUT2D eigenvalue weighted by molar-refractivity contribution is 0.615. The highest BCUT2D eigenvalue weighted by Crippen LogP contribution is 2.32. The summed E-state index contributed by atoms with van der Waals surface area (Å²) in [6.07, 6.45) is 0. The molecular weight excluding hydrogens is 274 g/mol. The number of nitrogens with two attached hydrogens (primary N) is 1. The first-order valence-corrected chi connectivity index (χ1v) is 6.04. The van der Waals surface area contributed by atoms with Gasteiger partial charge in [-0.25, -0.2) is 9.82 Å². The summed E-state index contributed by atoms with van der Waals surface area (Å²) in [5, 5.41) is 0.892. The smallest absolute Gasteiger partial charge is 0.123 e. The molecule has 1 unspecified atom stereocenters. The highest BCUT2D eigenvalue weighted by atomic mass is 35.5. The number of hydrogen-bond acceptors (Lipinski definition) is 2. The van der Waals surface area contributed by atoms with Crippen molar-refractivity contribution in [3.8, 4) is 0 Å². The molecule has 2 aromatic carbocycles. The van der Waals surface area contributed by atoms with E-state index >= 15 is 0 Å². The second-order valence-electron chi connectivity index (χ2n) is 3.79. The molecule has 2 aromatic rings. The second-order valence-corrected chi connectivity index (χ2v) is 4.58.